The van der Waals surface area contributed by atoms with Crippen molar-refractivity contribution in [3.63, 3.8) is 0 Å². The molecule has 0 saturated carbocycles. The second-order valence-corrected chi connectivity index (χ2v) is 4.53. The highest BCUT2D eigenvalue weighted by atomic mass is 35.5. The van der Waals surface area contributed by atoms with Gasteiger partial charge in [-0.25, -0.2) is 9.50 Å². The first-order valence-electron chi connectivity index (χ1n) is 5.43. The summed E-state index contributed by atoms with van der Waals surface area (Å²) in [5, 5.41) is 7.69. The summed E-state index contributed by atoms with van der Waals surface area (Å²) in [5.74, 6) is 0.877. The zero-order valence-electron chi connectivity index (χ0n) is 9.23. The van der Waals surface area contributed by atoms with E-state index in [1.807, 2.05) is 19.2 Å². The molecule has 5 heteroatoms. The number of hydrogen-bond donors (Lipinski definition) is 1. The molecule has 16 heavy (non-hydrogen) atoms. The molecular weight excluding hydrogens is 224 g/mol. The fourth-order valence-electron chi connectivity index (χ4n) is 1.58. The number of nitrogens with zero attached hydrogens (tertiary/aromatic N) is 3. The minimum Gasteiger partial charge on any atom is -0.368 e. The lowest BCUT2D eigenvalue weighted by molar-refractivity contribution is 0.749. The zero-order valence-corrected chi connectivity index (χ0v) is 9.98. The number of alkyl halides is 1. The van der Waals surface area contributed by atoms with Crippen LogP contribution in [-0.2, 0) is 0 Å². The third-order valence-electron chi connectivity index (χ3n) is 2.40. The van der Waals surface area contributed by atoms with E-state index < -0.39 is 0 Å². The molecule has 1 N–H and O–H groups in total. The van der Waals surface area contributed by atoms with Crippen LogP contribution in [0.4, 0.5) is 5.82 Å². The predicted octanol–water partition coefficient (Wildman–Crippen LogP) is 2.55. The van der Waals surface area contributed by atoms with E-state index in [1.165, 1.54) is 0 Å². The molecule has 0 fully saturated rings. The number of aromatic nitrogens is 3. The predicted molar refractivity (Wildman–Crippen MR) is 66.0 cm³/mol. The van der Waals surface area contributed by atoms with Crippen molar-refractivity contribution in [3.05, 3.63) is 24.7 Å². The molecule has 0 spiro atoms. The summed E-state index contributed by atoms with van der Waals surface area (Å²) >= 11 is 5.88. The molecule has 1 atom stereocenters. The molecule has 1 unspecified atom stereocenters. The van der Waals surface area contributed by atoms with Crippen LogP contribution >= 0.6 is 11.6 Å². The van der Waals surface area contributed by atoms with Gasteiger partial charge in [-0.3, -0.25) is 0 Å². The first kappa shape index (κ1) is 11.2. The van der Waals surface area contributed by atoms with Crippen molar-refractivity contribution < 1.29 is 0 Å². The largest absolute Gasteiger partial charge is 0.368 e. The van der Waals surface area contributed by atoms with Gasteiger partial charge >= 0.3 is 0 Å². The van der Waals surface area contributed by atoms with Gasteiger partial charge in [-0.05, 0) is 25.8 Å². The van der Waals surface area contributed by atoms with Crippen molar-refractivity contribution in [2.45, 2.75) is 25.1 Å². The molecule has 0 amide bonds. The molecule has 0 radical (unpaired) electrons. The van der Waals surface area contributed by atoms with Crippen LogP contribution in [0.3, 0.4) is 0 Å². The molecule has 2 rings (SSSR count). The number of anilines is 1. The SMILES string of the molecule is CC(Cl)CCCNc1nccn2nccc12. The van der Waals surface area contributed by atoms with Gasteiger partial charge in [-0.15, -0.1) is 11.6 Å². The Morgan fingerprint density at radius 1 is 1.50 bits per heavy atom. The van der Waals surface area contributed by atoms with Crippen molar-refractivity contribution in [1.82, 2.24) is 14.6 Å². The summed E-state index contributed by atoms with van der Waals surface area (Å²) in [6.45, 7) is 2.90. The standard InChI is InChI=1S/C11H15ClN4/c1-9(12)3-2-5-13-11-10-4-6-15-16(10)8-7-14-11/h4,6-9H,2-3,5H2,1H3,(H,13,14). The van der Waals surface area contributed by atoms with Crippen LogP contribution in [0.1, 0.15) is 19.8 Å². The van der Waals surface area contributed by atoms with Gasteiger partial charge in [0.15, 0.2) is 5.82 Å². The van der Waals surface area contributed by atoms with E-state index in [2.05, 4.69) is 15.4 Å². The lowest BCUT2D eigenvalue weighted by Crippen LogP contribution is -2.06. The summed E-state index contributed by atoms with van der Waals surface area (Å²) in [6.07, 6.45) is 7.40. The normalized spacial score (nSPS) is 12.9. The number of rotatable bonds is 5. The molecule has 2 aromatic heterocycles. The van der Waals surface area contributed by atoms with Gasteiger partial charge in [-0.1, -0.05) is 0 Å². The molecule has 0 saturated heterocycles. The Morgan fingerprint density at radius 3 is 3.19 bits per heavy atom. The first-order chi connectivity index (χ1) is 7.77. The van der Waals surface area contributed by atoms with E-state index in [4.69, 9.17) is 11.6 Å². The molecule has 0 aliphatic heterocycles. The molecule has 86 valence electrons. The molecular formula is C11H15ClN4. The smallest absolute Gasteiger partial charge is 0.152 e. The summed E-state index contributed by atoms with van der Waals surface area (Å²) in [5.41, 5.74) is 1.00. The van der Waals surface area contributed by atoms with Crippen LogP contribution in [0.25, 0.3) is 5.52 Å². The van der Waals surface area contributed by atoms with Crippen LogP contribution in [0.2, 0.25) is 0 Å². The summed E-state index contributed by atoms with van der Waals surface area (Å²) in [4.78, 5) is 4.29. The highest BCUT2D eigenvalue weighted by Gasteiger charge is 2.02. The van der Waals surface area contributed by atoms with Gasteiger partial charge in [0.25, 0.3) is 0 Å². The van der Waals surface area contributed by atoms with E-state index >= 15 is 0 Å². The van der Waals surface area contributed by atoms with Crippen LogP contribution in [0.5, 0.6) is 0 Å². The Balaban J connectivity index is 1.96. The summed E-state index contributed by atoms with van der Waals surface area (Å²) < 4.78 is 1.81. The van der Waals surface area contributed by atoms with E-state index in [0.29, 0.717) is 0 Å². The Kier molecular flexibility index (Phi) is 3.62. The van der Waals surface area contributed by atoms with Gasteiger partial charge in [-0.2, -0.15) is 5.10 Å². The quantitative estimate of drug-likeness (QED) is 0.643. The third-order valence-corrected chi connectivity index (χ3v) is 2.61. The number of fused-ring (bicyclic) bond motifs is 1. The molecule has 0 aliphatic rings. The van der Waals surface area contributed by atoms with Gasteiger partial charge in [0.2, 0.25) is 0 Å². The zero-order chi connectivity index (χ0) is 11.4. The van der Waals surface area contributed by atoms with E-state index in [-0.39, 0.29) is 5.38 Å². The number of halogens is 1. The van der Waals surface area contributed by atoms with Crippen LogP contribution < -0.4 is 5.32 Å². The van der Waals surface area contributed by atoms with Crippen molar-refractivity contribution in [1.29, 1.82) is 0 Å². The Hall–Kier alpha value is -1.29. The Bertz CT molecular complexity index is 452. The molecule has 0 aliphatic carbocycles. The third kappa shape index (κ3) is 2.64. The Labute approximate surface area is 99.6 Å². The topological polar surface area (TPSA) is 42.2 Å². The number of hydrogen-bond acceptors (Lipinski definition) is 3. The van der Waals surface area contributed by atoms with Gasteiger partial charge in [0, 0.05) is 24.3 Å². The molecule has 2 aromatic rings. The van der Waals surface area contributed by atoms with Gasteiger partial charge in [0.1, 0.15) is 5.52 Å². The average Bonchev–Trinajstić information content (AvgIpc) is 2.72. The van der Waals surface area contributed by atoms with Crippen molar-refractivity contribution in [2.75, 3.05) is 11.9 Å². The molecule has 0 aromatic carbocycles. The minimum absolute atomic E-state index is 0.237. The lowest BCUT2D eigenvalue weighted by Gasteiger charge is -2.07. The second-order valence-electron chi connectivity index (χ2n) is 3.79. The maximum atomic E-state index is 5.88. The van der Waals surface area contributed by atoms with Crippen molar-refractivity contribution in [3.8, 4) is 0 Å². The van der Waals surface area contributed by atoms with E-state index in [1.54, 1.807) is 16.9 Å². The summed E-state index contributed by atoms with van der Waals surface area (Å²) in [6, 6.07) is 1.94. The highest BCUT2D eigenvalue weighted by Crippen LogP contribution is 2.12. The lowest BCUT2D eigenvalue weighted by atomic mass is 10.2. The van der Waals surface area contributed by atoms with Crippen LogP contribution in [0, 0.1) is 0 Å². The van der Waals surface area contributed by atoms with Crippen LogP contribution in [0.15, 0.2) is 24.7 Å². The maximum Gasteiger partial charge on any atom is 0.152 e. The number of nitrogens with one attached hydrogen (secondary N) is 1. The first-order valence-corrected chi connectivity index (χ1v) is 5.87. The molecule has 0 bridgehead atoms. The van der Waals surface area contributed by atoms with Gasteiger partial charge in [0.05, 0.1) is 6.20 Å². The van der Waals surface area contributed by atoms with Gasteiger partial charge < -0.3 is 5.32 Å². The van der Waals surface area contributed by atoms with E-state index in [9.17, 15) is 0 Å². The fraction of sp³-hybridized carbons (Fsp3) is 0.455. The molecule has 2 heterocycles. The maximum absolute atomic E-state index is 5.88. The monoisotopic (exact) mass is 238 g/mol. The Morgan fingerprint density at radius 2 is 2.38 bits per heavy atom. The highest BCUT2D eigenvalue weighted by molar-refractivity contribution is 6.20. The van der Waals surface area contributed by atoms with E-state index in [0.717, 1.165) is 30.7 Å². The van der Waals surface area contributed by atoms with Crippen molar-refractivity contribution in [2.24, 2.45) is 0 Å². The molecule has 4 nitrogen and oxygen atoms in total. The minimum atomic E-state index is 0.237. The second kappa shape index (κ2) is 5.16. The van der Waals surface area contributed by atoms with Crippen molar-refractivity contribution >= 4 is 22.9 Å². The average molecular weight is 239 g/mol. The summed E-state index contributed by atoms with van der Waals surface area (Å²) in [7, 11) is 0. The van der Waals surface area contributed by atoms with Crippen LogP contribution in [-0.4, -0.2) is 26.5 Å². The fourth-order valence-corrected chi connectivity index (χ4v) is 1.74.